The minimum atomic E-state index is 0.468. The van der Waals surface area contributed by atoms with Crippen molar-refractivity contribution in [1.82, 2.24) is 20.5 Å². The smallest absolute Gasteiger partial charge is 0.251 e. The molecule has 4 aromatic rings. The maximum atomic E-state index is 5.75. The van der Waals surface area contributed by atoms with Gasteiger partial charge in [0.15, 0.2) is 0 Å². The molecule has 2 aromatic carbocycles. The number of methoxy groups -OCH3 is 1. The second kappa shape index (κ2) is 7.41. The molecule has 0 fully saturated rings. The maximum Gasteiger partial charge on any atom is 0.251 e. The summed E-state index contributed by atoms with van der Waals surface area (Å²) in [6.07, 6.45) is 3.00. The highest BCUT2D eigenvalue weighted by Gasteiger charge is 2.12. The Morgan fingerprint density at radius 2 is 1.92 bits per heavy atom. The van der Waals surface area contributed by atoms with Crippen LogP contribution < -0.4 is 10.1 Å². The Balaban J connectivity index is 1.35. The lowest BCUT2D eigenvalue weighted by Gasteiger charge is -2.03. The van der Waals surface area contributed by atoms with Gasteiger partial charge in [0.05, 0.1) is 19.2 Å². The zero-order chi connectivity index (χ0) is 17.8. The van der Waals surface area contributed by atoms with Crippen LogP contribution in [-0.4, -0.2) is 28.8 Å². The van der Waals surface area contributed by atoms with Crippen molar-refractivity contribution in [2.45, 2.75) is 13.0 Å². The Labute approximate surface area is 151 Å². The number of benzene rings is 2. The highest BCUT2D eigenvalue weighted by molar-refractivity contribution is 5.83. The van der Waals surface area contributed by atoms with E-state index in [-0.39, 0.29) is 0 Å². The third-order valence-corrected chi connectivity index (χ3v) is 4.33. The first kappa shape index (κ1) is 16.4. The van der Waals surface area contributed by atoms with Gasteiger partial charge in [0.25, 0.3) is 5.89 Å². The van der Waals surface area contributed by atoms with E-state index >= 15 is 0 Å². The molecule has 4 rings (SSSR count). The first-order chi connectivity index (χ1) is 12.8. The lowest BCUT2D eigenvalue weighted by atomic mass is 10.1. The van der Waals surface area contributed by atoms with E-state index < -0.39 is 0 Å². The van der Waals surface area contributed by atoms with Crippen LogP contribution in [0.3, 0.4) is 0 Å². The molecule has 6 heteroatoms. The Kier molecular flexibility index (Phi) is 4.66. The standard InChI is InChI=1S/C20H20N4O2/c1-25-18-9-5-3-7-16(18)20-24-23-19(26-20)13-21-11-10-14-12-22-17-8-4-2-6-15(14)17/h2-9,12,21-22H,10-11,13H2,1H3. The third kappa shape index (κ3) is 3.32. The molecular weight excluding hydrogens is 328 g/mol. The van der Waals surface area contributed by atoms with Gasteiger partial charge >= 0.3 is 0 Å². The number of nitrogens with one attached hydrogen (secondary N) is 2. The molecule has 2 heterocycles. The van der Waals surface area contributed by atoms with Crippen LogP contribution in [0.2, 0.25) is 0 Å². The van der Waals surface area contributed by atoms with E-state index in [0.717, 1.165) is 24.3 Å². The summed E-state index contributed by atoms with van der Waals surface area (Å²) >= 11 is 0. The van der Waals surface area contributed by atoms with Crippen LogP contribution in [0.15, 0.2) is 59.1 Å². The van der Waals surface area contributed by atoms with Gasteiger partial charge in [0.2, 0.25) is 5.89 Å². The highest BCUT2D eigenvalue weighted by Crippen LogP contribution is 2.28. The van der Waals surface area contributed by atoms with Crippen molar-refractivity contribution in [3.8, 4) is 17.2 Å². The Morgan fingerprint density at radius 3 is 2.85 bits per heavy atom. The molecule has 0 bridgehead atoms. The molecule has 0 aliphatic rings. The Morgan fingerprint density at radius 1 is 1.08 bits per heavy atom. The number of ether oxygens (including phenoxy) is 1. The lowest BCUT2D eigenvalue weighted by Crippen LogP contribution is -2.16. The van der Waals surface area contributed by atoms with E-state index in [1.807, 2.05) is 30.3 Å². The molecule has 0 aliphatic carbocycles. The van der Waals surface area contributed by atoms with Crippen molar-refractivity contribution < 1.29 is 9.15 Å². The molecule has 0 spiro atoms. The molecular formula is C20H20N4O2. The number of aromatic nitrogens is 3. The molecule has 6 nitrogen and oxygen atoms in total. The summed E-state index contributed by atoms with van der Waals surface area (Å²) in [5.41, 5.74) is 3.27. The molecule has 0 radical (unpaired) electrons. The van der Waals surface area contributed by atoms with Crippen molar-refractivity contribution >= 4 is 10.9 Å². The van der Waals surface area contributed by atoms with E-state index in [1.165, 1.54) is 16.5 Å². The van der Waals surface area contributed by atoms with Gasteiger partial charge in [-0.3, -0.25) is 0 Å². The summed E-state index contributed by atoms with van der Waals surface area (Å²) in [7, 11) is 1.63. The van der Waals surface area contributed by atoms with Crippen LogP contribution in [-0.2, 0) is 13.0 Å². The van der Waals surface area contributed by atoms with Crippen molar-refractivity contribution in [3.63, 3.8) is 0 Å². The van der Waals surface area contributed by atoms with Gasteiger partial charge in [-0.1, -0.05) is 30.3 Å². The third-order valence-electron chi connectivity index (χ3n) is 4.33. The second-order valence-electron chi connectivity index (χ2n) is 5.99. The van der Waals surface area contributed by atoms with Gasteiger partial charge in [0.1, 0.15) is 5.75 Å². The number of fused-ring (bicyclic) bond motifs is 1. The van der Waals surface area contributed by atoms with Crippen molar-refractivity contribution in [2.75, 3.05) is 13.7 Å². The average Bonchev–Trinajstić information content (AvgIpc) is 3.32. The first-order valence-corrected chi connectivity index (χ1v) is 8.56. The van der Waals surface area contributed by atoms with Gasteiger partial charge in [-0.05, 0) is 36.7 Å². The molecule has 0 saturated carbocycles. The molecule has 0 saturated heterocycles. The van der Waals surface area contributed by atoms with Crippen LogP contribution in [0, 0.1) is 0 Å². The van der Waals surface area contributed by atoms with Crippen molar-refractivity contribution in [1.29, 1.82) is 0 Å². The number of aromatic amines is 1. The predicted molar refractivity (Wildman–Crippen MR) is 100.0 cm³/mol. The topological polar surface area (TPSA) is 76.0 Å². The van der Waals surface area contributed by atoms with Crippen molar-refractivity contribution in [2.24, 2.45) is 0 Å². The molecule has 132 valence electrons. The van der Waals surface area contributed by atoms with Crippen LogP contribution >= 0.6 is 0 Å². The largest absolute Gasteiger partial charge is 0.496 e. The second-order valence-corrected chi connectivity index (χ2v) is 5.99. The predicted octanol–water partition coefficient (Wildman–Crippen LogP) is 3.56. The number of hydrogen-bond acceptors (Lipinski definition) is 5. The SMILES string of the molecule is COc1ccccc1-c1nnc(CNCCc2c[nH]c3ccccc23)o1. The number of nitrogens with zero attached hydrogens (tertiary/aromatic N) is 2. The monoisotopic (exact) mass is 348 g/mol. The maximum absolute atomic E-state index is 5.75. The molecule has 2 N–H and O–H groups in total. The minimum Gasteiger partial charge on any atom is -0.496 e. The fourth-order valence-corrected chi connectivity index (χ4v) is 3.01. The summed E-state index contributed by atoms with van der Waals surface area (Å²) in [5.74, 6) is 1.75. The average molecular weight is 348 g/mol. The Hall–Kier alpha value is -3.12. The summed E-state index contributed by atoms with van der Waals surface area (Å²) in [5, 5.41) is 12.9. The molecule has 26 heavy (non-hydrogen) atoms. The van der Waals surface area contributed by atoms with Gasteiger partial charge in [-0.2, -0.15) is 0 Å². The lowest BCUT2D eigenvalue weighted by molar-refractivity contribution is 0.413. The number of para-hydroxylation sites is 2. The summed E-state index contributed by atoms with van der Waals surface area (Å²) < 4.78 is 11.1. The number of rotatable bonds is 7. The van der Waals surface area contributed by atoms with Crippen LogP contribution in [0.25, 0.3) is 22.4 Å². The van der Waals surface area contributed by atoms with E-state index in [0.29, 0.717) is 18.3 Å². The van der Waals surface area contributed by atoms with E-state index in [2.05, 4.69) is 44.9 Å². The quantitative estimate of drug-likeness (QED) is 0.500. The fraction of sp³-hybridized carbons (Fsp3) is 0.200. The Bertz CT molecular complexity index is 1010. The fourth-order valence-electron chi connectivity index (χ4n) is 3.01. The number of hydrogen-bond donors (Lipinski definition) is 2. The van der Waals surface area contributed by atoms with E-state index in [1.54, 1.807) is 7.11 Å². The molecule has 0 atom stereocenters. The molecule has 0 amide bonds. The minimum absolute atomic E-state index is 0.468. The first-order valence-electron chi connectivity index (χ1n) is 8.56. The van der Waals surface area contributed by atoms with Gasteiger partial charge in [-0.25, -0.2) is 0 Å². The van der Waals surface area contributed by atoms with Crippen LogP contribution in [0.4, 0.5) is 0 Å². The summed E-state index contributed by atoms with van der Waals surface area (Å²) in [4.78, 5) is 3.30. The summed E-state index contributed by atoms with van der Waals surface area (Å²) in [6.45, 7) is 1.36. The van der Waals surface area contributed by atoms with Crippen molar-refractivity contribution in [3.05, 3.63) is 66.2 Å². The normalized spacial score (nSPS) is 11.1. The van der Waals surface area contributed by atoms with Gasteiger partial charge < -0.3 is 19.5 Å². The molecule has 0 unspecified atom stereocenters. The zero-order valence-electron chi connectivity index (χ0n) is 14.5. The summed E-state index contributed by atoms with van der Waals surface area (Å²) in [6, 6.07) is 15.9. The number of H-pyrrole nitrogens is 1. The van der Waals surface area contributed by atoms with E-state index in [9.17, 15) is 0 Å². The van der Waals surface area contributed by atoms with Crippen LogP contribution in [0.5, 0.6) is 5.75 Å². The van der Waals surface area contributed by atoms with Gasteiger partial charge in [0, 0.05) is 17.1 Å². The molecule has 0 aliphatic heterocycles. The van der Waals surface area contributed by atoms with Gasteiger partial charge in [-0.15, -0.1) is 10.2 Å². The highest BCUT2D eigenvalue weighted by atomic mass is 16.5. The van der Waals surface area contributed by atoms with Crippen LogP contribution in [0.1, 0.15) is 11.5 Å². The zero-order valence-corrected chi connectivity index (χ0v) is 14.5. The molecule has 2 aromatic heterocycles. The van der Waals surface area contributed by atoms with E-state index in [4.69, 9.17) is 9.15 Å².